The predicted molar refractivity (Wildman–Crippen MR) is 109 cm³/mol. The third-order valence-corrected chi connectivity index (χ3v) is 5.18. The number of ether oxygens (including phenoxy) is 1. The van der Waals surface area contributed by atoms with Gasteiger partial charge in [-0.3, -0.25) is 4.90 Å². The molecule has 0 amide bonds. The lowest BCUT2D eigenvalue weighted by Crippen LogP contribution is -2.34. The standard InChI is InChI=1S/C19H19F3IN5O/c1-12-7-16(28-18(26-12)24-11-25-28)14-3-2-6-27(10-14)9-13-4-5-17(15(20)8-13)29-19(21,22)23/h4-5,7-8,11,14H,2-3,6,9-10H2,1H3. The quantitative estimate of drug-likeness (QED) is 0.373. The van der Waals surface area contributed by atoms with Crippen LogP contribution in [-0.2, 0) is 6.54 Å². The van der Waals surface area contributed by atoms with Crippen LogP contribution in [0.4, 0.5) is 13.2 Å². The molecule has 1 saturated heterocycles. The lowest BCUT2D eigenvalue weighted by atomic mass is 9.93. The van der Waals surface area contributed by atoms with Gasteiger partial charge in [0.25, 0.3) is 5.78 Å². The van der Waals surface area contributed by atoms with Gasteiger partial charge in [0.15, 0.2) is 11.6 Å². The van der Waals surface area contributed by atoms with Gasteiger partial charge in [-0.1, -0.05) is 6.07 Å². The molecule has 0 spiro atoms. The van der Waals surface area contributed by atoms with E-state index in [-0.39, 0.29) is 5.92 Å². The number of benzene rings is 1. The molecule has 0 bridgehead atoms. The van der Waals surface area contributed by atoms with Gasteiger partial charge in [-0.05, 0) is 50.1 Å². The van der Waals surface area contributed by atoms with E-state index in [1.807, 2.05) is 13.0 Å². The first kappa shape index (κ1) is 20.3. The van der Waals surface area contributed by atoms with E-state index < -0.39 is 15.7 Å². The molecule has 6 nitrogen and oxygen atoms in total. The van der Waals surface area contributed by atoms with Crippen molar-refractivity contribution in [2.75, 3.05) is 13.1 Å². The van der Waals surface area contributed by atoms with E-state index in [9.17, 15) is 13.2 Å². The van der Waals surface area contributed by atoms with Gasteiger partial charge in [-0.25, -0.2) is 13.9 Å². The Kier molecular flexibility index (Phi) is 5.65. The second-order valence-corrected chi connectivity index (χ2v) is 8.44. The number of halogens is 4. The van der Waals surface area contributed by atoms with E-state index in [1.54, 1.807) is 10.6 Å². The molecule has 3 heterocycles. The first-order chi connectivity index (χ1) is 13.8. The average Bonchev–Trinajstić information content (AvgIpc) is 3.11. The average molecular weight is 517 g/mol. The summed E-state index contributed by atoms with van der Waals surface area (Å²) in [5.41, 5.74) is 2.67. The van der Waals surface area contributed by atoms with Crippen LogP contribution in [0.1, 0.15) is 35.7 Å². The first-order valence-corrected chi connectivity index (χ1v) is 10.3. The van der Waals surface area contributed by atoms with Crippen LogP contribution in [0.25, 0.3) is 5.78 Å². The van der Waals surface area contributed by atoms with Crippen LogP contribution in [0.2, 0.25) is 0 Å². The van der Waals surface area contributed by atoms with Crippen molar-refractivity contribution in [3.05, 3.63) is 53.4 Å². The van der Waals surface area contributed by atoms with Crippen molar-refractivity contribution in [3.63, 3.8) is 0 Å². The second kappa shape index (κ2) is 8.05. The molecule has 0 N–H and O–H groups in total. The molecule has 4 rings (SSSR count). The highest BCUT2D eigenvalue weighted by Gasteiger charge is 2.28. The topological polar surface area (TPSA) is 55.6 Å². The van der Waals surface area contributed by atoms with Crippen molar-refractivity contribution >= 4 is 28.4 Å². The van der Waals surface area contributed by atoms with Gasteiger partial charge in [0, 0.05) is 24.7 Å². The zero-order valence-corrected chi connectivity index (χ0v) is 17.8. The zero-order valence-electron chi connectivity index (χ0n) is 15.7. The fourth-order valence-corrected chi connectivity index (χ4v) is 4.04. The molecule has 1 atom stereocenters. The lowest BCUT2D eigenvalue weighted by molar-refractivity contribution is -0.0713. The number of aromatic nitrogens is 4. The number of fused-ring (bicyclic) bond motifs is 1. The number of nitrogens with zero attached hydrogens (tertiary/aromatic N) is 5. The Balaban J connectivity index is 1.49. The highest BCUT2D eigenvalue weighted by Crippen LogP contribution is 2.31. The third-order valence-electron chi connectivity index (χ3n) is 4.96. The van der Waals surface area contributed by atoms with E-state index in [1.165, 1.54) is 18.5 Å². The number of alkyl halides is 3. The fraction of sp³-hybridized carbons (Fsp3) is 0.421. The molecule has 154 valence electrons. The predicted octanol–water partition coefficient (Wildman–Crippen LogP) is 4.32. The number of hydrogen-bond acceptors (Lipinski definition) is 5. The molecule has 1 unspecified atom stereocenters. The van der Waals surface area contributed by atoms with Gasteiger partial charge >= 0.3 is 4.12 Å². The Bertz CT molecular complexity index is 1020. The Morgan fingerprint density at radius 2 is 2.14 bits per heavy atom. The molecular weight excluding hydrogens is 498 g/mol. The summed E-state index contributed by atoms with van der Waals surface area (Å²) < 4.78 is 42.7. The van der Waals surface area contributed by atoms with E-state index in [2.05, 4.69) is 24.7 Å². The normalized spacial score (nSPS) is 18.3. The second-order valence-electron chi connectivity index (χ2n) is 7.18. The van der Waals surface area contributed by atoms with Gasteiger partial charge in [-0.15, -0.1) is 0 Å². The summed E-state index contributed by atoms with van der Waals surface area (Å²) in [4.78, 5) is 10.8. The van der Waals surface area contributed by atoms with E-state index in [4.69, 9.17) is 0 Å². The molecule has 0 aliphatic carbocycles. The Morgan fingerprint density at radius 3 is 2.90 bits per heavy atom. The van der Waals surface area contributed by atoms with Gasteiger partial charge in [0.2, 0.25) is 0 Å². The lowest BCUT2D eigenvalue weighted by Gasteiger charge is -2.33. The number of likely N-dealkylation sites (tertiary alicyclic amines) is 1. The molecule has 10 heteroatoms. The zero-order chi connectivity index (χ0) is 20.6. The van der Waals surface area contributed by atoms with Gasteiger partial charge in [0.05, 0.1) is 28.3 Å². The van der Waals surface area contributed by atoms with Crippen LogP contribution in [-0.4, -0.2) is 41.7 Å². The van der Waals surface area contributed by atoms with Crippen LogP contribution in [0.3, 0.4) is 0 Å². The number of rotatable bonds is 5. The summed E-state index contributed by atoms with van der Waals surface area (Å²) in [6, 6.07) is 6.17. The van der Waals surface area contributed by atoms with Crippen LogP contribution >= 0.6 is 22.6 Å². The van der Waals surface area contributed by atoms with Crippen LogP contribution in [0.5, 0.6) is 5.75 Å². The molecule has 1 fully saturated rings. The molecule has 3 aromatic rings. The maximum Gasteiger partial charge on any atom is 0.451 e. The number of piperidine rings is 1. The maximum absolute atomic E-state index is 14.2. The van der Waals surface area contributed by atoms with Gasteiger partial charge < -0.3 is 4.74 Å². The summed E-state index contributed by atoms with van der Waals surface area (Å²) in [5.74, 6) is -0.409. The fourth-order valence-electron chi connectivity index (χ4n) is 3.80. The van der Waals surface area contributed by atoms with Crippen molar-refractivity contribution in [1.29, 1.82) is 0 Å². The van der Waals surface area contributed by atoms with Crippen molar-refractivity contribution in [3.8, 4) is 5.75 Å². The maximum atomic E-state index is 14.2. The third kappa shape index (κ3) is 4.80. The largest absolute Gasteiger partial charge is 0.451 e. The van der Waals surface area contributed by atoms with Crippen molar-refractivity contribution in [2.45, 2.75) is 36.3 Å². The minimum Gasteiger partial charge on any atom is -0.422 e. The molecule has 0 radical (unpaired) electrons. The van der Waals surface area contributed by atoms with Crippen LogP contribution in [0, 0.1) is 12.7 Å². The molecule has 2 aromatic heterocycles. The molecule has 1 aliphatic rings. The first-order valence-electron chi connectivity index (χ1n) is 9.22. The molecule has 0 saturated carbocycles. The summed E-state index contributed by atoms with van der Waals surface area (Å²) in [5, 5.41) is 4.29. The highest BCUT2D eigenvalue weighted by molar-refractivity contribution is 14.1. The van der Waals surface area contributed by atoms with Crippen molar-refractivity contribution in [2.24, 2.45) is 0 Å². The minimum absolute atomic E-state index is 0.250. The van der Waals surface area contributed by atoms with Crippen LogP contribution in [0.15, 0.2) is 30.6 Å². The Morgan fingerprint density at radius 1 is 1.31 bits per heavy atom. The number of hydrogen-bond donors (Lipinski definition) is 0. The number of aryl methyl sites for hydroxylation is 1. The van der Waals surface area contributed by atoms with E-state index in [0.29, 0.717) is 17.9 Å². The van der Waals surface area contributed by atoms with E-state index >= 15 is 0 Å². The monoisotopic (exact) mass is 517 g/mol. The van der Waals surface area contributed by atoms with Gasteiger partial charge in [0.1, 0.15) is 6.33 Å². The van der Waals surface area contributed by atoms with Crippen molar-refractivity contribution in [1.82, 2.24) is 24.5 Å². The molecule has 1 aromatic carbocycles. The summed E-state index contributed by atoms with van der Waals surface area (Å²) in [6.45, 7) is 4.13. The van der Waals surface area contributed by atoms with E-state index in [0.717, 1.165) is 59.9 Å². The molecule has 1 aliphatic heterocycles. The summed E-state index contributed by atoms with van der Waals surface area (Å²) >= 11 is 0.819. The Hall–Kier alpha value is -1.95. The molecular formula is C19H19F3IN5O. The summed E-state index contributed by atoms with van der Waals surface area (Å²) in [7, 11) is 0. The smallest absolute Gasteiger partial charge is 0.422 e. The molecule has 29 heavy (non-hydrogen) atoms. The van der Waals surface area contributed by atoms with Crippen LogP contribution < -0.4 is 4.74 Å². The van der Waals surface area contributed by atoms with Gasteiger partial charge in [-0.2, -0.15) is 18.9 Å². The SMILES string of the molecule is Cc1cc(C2CCCN(Cc3ccc(OC(F)(F)I)c(F)c3)C2)n2ncnc2n1. The minimum atomic E-state index is -3.45. The highest BCUT2D eigenvalue weighted by atomic mass is 127. The summed E-state index contributed by atoms with van der Waals surface area (Å²) in [6.07, 6.45) is 3.51. The van der Waals surface area contributed by atoms with Crippen molar-refractivity contribution < 1.29 is 17.9 Å². The Labute approximate surface area is 179 Å².